The monoisotopic (exact) mass is 501 g/mol. The number of nitrogens with two attached hydrogens (primary N) is 2. The molecule has 3 unspecified atom stereocenters. The van der Waals surface area contributed by atoms with Crippen LogP contribution in [-0.2, 0) is 14.2 Å². The van der Waals surface area contributed by atoms with E-state index in [2.05, 4.69) is 24.9 Å². The number of rotatable bonds is 10. The molecule has 0 fully saturated rings. The van der Waals surface area contributed by atoms with Crippen molar-refractivity contribution in [2.75, 3.05) is 29.8 Å². The van der Waals surface area contributed by atoms with E-state index in [9.17, 15) is 14.7 Å². The Morgan fingerprint density at radius 1 is 1.29 bits per heavy atom. The molecule has 192 valence electrons. The predicted molar refractivity (Wildman–Crippen MR) is 133 cm³/mol. The summed E-state index contributed by atoms with van der Waals surface area (Å²) >= 11 is 0. The molecule has 1 amide bonds. The highest BCUT2D eigenvalue weighted by Crippen LogP contribution is 2.30. The summed E-state index contributed by atoms with van der Waals surface area (Å²) in [4.78, 5) is 34.0. The van der Waals surface area contributed by atoms with E-state index in [1.54, 1.807) is 26.2 Å². The van der Waals surface area contributed by atoms with Crippen molar-refractivity contribution in [3.8, 4) is 0 Å². The Labute approximate surface area is 200 Å². The van der Waals surface area contributed by atoms with E-state index in [0.717, 1.165) is 5.01 Å². The quantitative estimate of drug-likeness (QED) is 0.119. The number of nitrogens with zero attached hydrogens (tertiary/aromatic N) is 3. The number of aliphatic hydroxyl groups is 1. The average molecular weight is 502 g/mol. The Balaban J connectivity index is 0.00000115. The number of nitrogens with one attached hydrogen (secondary N) is 2. The lowest BCUT2D eigenvalue weighted by molar-refractivity contribution is -0.124. The molecule has 0 aliphatic heterocycles. The van der Waals surface area contributed by atoms with Crippen LogP contribution in [0.4, 0.5) is 17.5 Å². The van der Waals surface area contributed by atoms with E-state index in [4.69, 9.17) is 21.6 Å². The van der Waals surface area contributed by atoms with Gasteiger partial charge in [0.15, 0.2) is 5.82 Å². The maximum absolute atomic E-state index is 12.0. The van der Waals surface area contributed by atoms with Gasteiger partial charge in [0, 0.05) is 31.8 Å². The Kier molecular flexibility index (Phi) is 16.4. The van der Waals surface area contributed by atoms with Crippen molar-refractivity contribution in [1.82, 2.24) is 15.0 Å². The topological polar surface area (TPSA) is 202 Å². The molecule has 34 heavy (non-hydrogen) atoms. The molecule has 0 aliphatic carbocycles. The van der Waals surface area contributed by atoms with Crippen molar-refractivity contribution in [3.63, 3.8) is 0 Å². The molecule has 2 heterocycles. The lowest BCUT2D eigenvalue weighted by Gasteiger charge is -2.29. The Hall–Kier alpha value is -2.67. The minimum atomic E-state index is -0.706. The first-order valence-electron chi connectivity index (χ1n) is 10.5. The zero-order valence-electron chi connectivity index (χ0n) is 20.1. The number of hydrogen-bond acceptors (Lipinski definition) is 11. The minimum Gasteiger partial charge on any atom is -0.394 e. The summed E-state index contributed by atoms with van der Waals surface area (Å²) in [5.74, 6) is 4.38. The summed E-state index contributed by atoms with van der Waals surface area (Å²) in [7, 11) is 0.867. The van der Waals surface area contributed by atoms with Gasteiger partial charge in [-0.25, -0.2) is 15.8 Å². The van der Waals surface area contributed by atoms with Crippen molar-refractivity contribution in [3.05, 3.63) is 40.9 Å². The summed E-state index contributed by atoms with van der Waals surface area (Å²) in [5, 5.41) is 21.5. The molecule has 0 saturated carbocycles. The SMILES string of the molecule is CC.COC(CO)CC(POO)N(N)c1nc(NC(=O)C(C)C)[nH]c(=O)c1N.c1ccncc1. The standard InChI is InChI=1S/C13H25N6O6P.C5H5N.C2H6/c1-6(2)11(21)17-13-16-10(9(14)12(22)18-13)19(15)8(26-25-23)4-7(5-20)24-3;1-2-4-6-5-3-1;1-2/h6-8,20,23,26H,4-5,14-15H2,1-3H3,(H2,16,17,18,21,22);1-5H;1-2H3. The molecule has 2 aromatic heterocycles. The first kappa shape index (κ1) is 31.3. The lowest BCUT2D eigenvalue weighted by atomic mass is 10.2. The Morgan fingerprint density at radius 3 is 2.32 bits per heavy atom. The van der Waals surface area contributed by atoms with Crippen molar-refractivity contribution >= 4 is 32.2 Å². The third-order valence-corrected chi connectivity index (χ3v) is 4.95. The molecule has 0 aliphatic rings. The molecule has 0 bridgehead atoms. The average Bonchev–Trinajstić information content (AvgIpc) is 2.86. The fraction of sp³-hybridized carbons (Fsp3) is 0.500. The second-order valence-corrected chi connectivity index (χ2v) is 7.81. The fourth-order valence-corrected chi connectivity index (χ4v) is 2.94. The van der Waals surface area contributed by atoms with E-state index in [1.165, 1.54) is 7.11 Å². The molecule has 8 N–H and O–H groups in total. The van der Waals surface area contributed by atoms with E-state index in [-0.39, 0.29) is 42.3 Å². The van der Waals surface area contributed by atoms with Gasteiger partial charge in [-0.1, -0.05) is 33.8 Å². The fourth-order valence-electron chi connectivity index (χ4n) is 2.22. The van der Waals surface area contributed by atoms with Gasteiger partial charge in [0.2, 0.25) is 11.9 Å². The summed E-state index contributed by atoms with van der Waals surface area (Å²) < 4.78 is 9.25. The second-order valence-electron chi connectivity index (χ2n) is 6.73. The summed E-state index contributed by atoms with van der Waals surface area (Å²) in [6, 6.07) is 5.72. The van der Waals surface area contributed by atoms with Crippen LogP contribution in [0, 0.1) is 5.92 Å². The number of aromatic nitrogens is 3. The number of carbonyl (C=O) groups excluding carboxylic acids is 1. The smallest absolute Gasteiger partial charge is 0.277 e. The third-order valence-electron chi connectivity index (χ3n) is 4.06. The third kappa shape index (κ3) is 11.0. The van der Waals surface area contributed by atoms with Gasteiger partial charge in [-0.2, -0.15) is 4.98 Å². The molecule has 14 heteroatoms. The van der Waals surface area contributed by atoms with Gasteiger partial charge < -0.3 is 15.6 Å². The van der Waals surface area contributed by atoms with Gasteiger partial charge in [0.1, 0.15) is 5.69 Å². The number of pyridine rings is 1. The zero-order chi connectivity index (χ0) is 26.1. The first-order chi connectivity index (χ1) is 16.2. The van der Waals surface area contributed by atoms with Gasteiger partial charge in [-0.15, -0.1) is 0 Å². The number of aromatic amines is 1. The number of amides is 1. The van der Waals surface area contributed by atoms with Crippen molar-refractivity contribution < 1.29 is 24.6 Å². The van der Waals surface area contributed by atoms with Crippen LogP contribution in [0.15, 0.2) is 35.4 Å². The molecule has 0 radical (unpaired) electrons. The number of H-pyrrole nitrogens is 1. The van der Waals surface area contributed by atoms with Crippen molar-refractivity contribution in [2.45, 2.75) is 46.0 Å². The van der Waals surface area contributed by atoms with Crippen LogP contribution in [-0.4, -0.2) is 56.8 Å². The van der Waals surface area contributed by atoms with Crippen LogP contribution in [0.25, 0.3) is 0 Å². The maximum Gasteiger partial charge on any atom is 0.277 e. The van der Waals surface area contributed by atoms with Crippen LogP contribution in [0.3, 0.4) is 0 Å². The minimum absolute atomic E-state index is 0.116. The van der Waals surface area contributed by atoms with Crippen molar-refractivity contribution in [1.29, 1.82) is 0 Å². The van der Waals surface area contributed by atoms with Gasteiger partial charge in [-0.3, -0.25) is 29.9 Å². The summed E-state index contributed by atoms with van der Waals surface area (Å²) in [6.45, 7) is 7.07. The van der Waals surface area contributed by atoms with Gasteiger partial charge >= 0.3 is 0 Å². The Morgan fingerprint density at radius 2 is 1.91 bits per heavy atom. The number of hydrogen-bond donors (Lipinski definition) is 6. The second kappa shape index (κ2) is 17.8. The molecular weight excluding hydrogens is 465 g/mol. The predicted octanol–water partition coefficient (Wildman–Crippen LogP) is 1.54. The first-order valence-corrected chi connectivity index (χ1v) is 11.5. The van der Waals surface area contributed by atoms with Crippen LogP contribution < -0.4 is 27.5 Å². The highest BCUT2D eigenvalue weighted by atomic mass is 31.1. The number of hydrazine groups is 1. The maximum atomic E-state index is 12.0. The number of nitrogen functional groups attached to an aromatic ring is 1. The van der Waals surface area contributed by atoms with E-state index in [0.29, 0.717) is 0 Å². The number of carbonyl (C=O) groups is 1. The molecule has 13 nitrogen and oxygen atoms in total. The van der Waals surface area contributed by atoms with Gasteiger partial charge in [-0.05, 0) is 12.1 Å². The van der Waals surface area contributed by atoms with Crippen LogP contribution in [0.1, 0.15) is 34.1 Å². The molecular formula is C20H36N7O6P. The summed E-state index contributed by atoms with van der Waals surface area (Å²) in [6.07, 6.45) is 3.07. The van der Waals surface area contributed by atoms with Crippen molar-refractivity contribution in [2.24, 2.45) is 11.8 Å². The molecule has 0 spiro atoms. The number of ether oxygens (including phenoxy) is 1. The molecule has 0 saturated heterocycles. The Bertz CT molecular complexity index is 842. The van der Waals surface area contributed by atoms with E-state index >= 15 is 0 Å². The van der Waals surface area contributed by atoms with Gasteiger partial charge in [0.05, 0.1) is 27.3 Å². The molecule has 2 aromatic rings. The van der Waals surface area contributed by atoms with Crippen LogP contribution >= 0.6 is 8.81 Å². The van der Waals surface area contributed by atoms with E-state index in [1.807, 2.05) is 32.0 Å². The number of aliphatic hydroxyl groups excluding tert-OH is 1. The molecule has 3 atom stereocenters. The highest BCUT2D eigenvalue weighted by Gasteiger charge is 2.26. The van der Waals surface area contributed by atoms with Gasteiger partial charge in [0.25, 0.3) is 5.56 Å². The van der Waals surface area contributed by atoms with Crippen LogP contribution in [0.5, 0.6) is 0 Å². The largest absolute Gasteiger partial charge is 0.394 e. The normalized spacial score (nSPS) is 12.3. The summed E-state index contributed by atoms with van der Waals surface area (Å²) in [5.41, 5.74) is 4.78. The highest BCUT2D eigenvalue weighted by molar-refractivity contribution is 7.33. The zero-order valence-corrected chi connectivity index (χ0v) is 21.1. The molecule has 0 aromatic carbocycles. The lowest BCUT2D eigenvalue weighted by Crippen LogP contribution is -2.43. The number of anilines is 3. The van der Waals surface area contributed by atoms with E-state index < -0.39 is 26.3 Å². The number of methoxy groups -OCH3 is 1. The van der Waals surface area contributed by atoms with Crippen LogP contribution in [0.2, 0.25) is 0 Å². The molecule has 2 rings (SSSR count).